The molecule has 0 atom stereocenters. The molecule has 0 aliphatic heterocycles. The van der Waals surface area contributed by atoms with Gasteiger partial charge in [-0.05, 0) is 23.8 Å². The van der Waals surface area contributed by atoms with Gasteiger partial charge in [-0.3, -0.25) is 9.59 Å². The summed E-state index contributed by atoms with van der Waals surface area (Å²) in [4.78, 5) is 24.2. The molecule has 1 N–H and O–H groups in total. The molecule has 0 radical (unpaired) electrons. The second kappa shape index (κ2) is 8.45. The minimum atomic E-state index is -0.367. The molecule has 1 aromatic heterocycles. The van der Waals surface area contributed by atoms with Crippen LogP contribution in [-0.2, 0) is 6.54 Å². The van der Waals surface area contributed by atoms with Gasteiger partial charge in [-0.2, -0.15) is 5.10 Å². The van der Waals surface area contributed by atoms with Crippen LogP contribution in [-0.4, -0.2) is 22.2 Å². The standard InChI is InChI=1S/C21H17N3O2/c25-20-14-13-19(23-24(20)16-18-10-5-2-6-11-18)21(26)22-15-7-12-17-8-3-1-4-9-17/h1-6,8-11,13-14H,15-16H2,(H,22,26). The molecule has 5 heteroatoms. The average Bonchev–Trinajstić information content (AvgIpc) is 2.68. The molecule has 5 nitrogen and oxygen atoms in total. The molecule has 0 bridgehead atoms. The van der Waals surface area contributed by atoms with Crippen molar-refractivity contribution >= 4 is 5.91 Å². The molecule has 128 valence electrons. The van der Waals surface area contributed by atoms with Gasteiger partial charge in [0.25, 0.3) is 11.5 Å². The van der Waals surface area contributed by atoms with Gasteiger partial charge >= 0.3 is 0 Å². The SMILES string of the molecule is O=C(NCC#Cc1ccccc1)c1ccc(=O)n(Cc2ccccc2)n1. The van der Waals surface area contributed by atoms with E-state index in [4.69, 9.17) is 0 Å². The van der Waals surface area contributed by atoms with Gasteiger partial charge in [0.2, 0.25) is 0 Å². The Morgan fingerprint density at radius 1 is 0.962 bits per heavy atom. The topological polar surface area (TPSA) is 64.0 Å². The molecule has 0 aliphatic carbocycles. The molecule has 0 unspecified atom stereocenters. The summed E-state index contributed by atoms with van der Waals surface area (Å²) in [5, 5.41) is 6.84. The Morgan fingerprint density at radius 2 is 1.65 bits per heavy atom. The molecule has 26 heavy (non-hydrogen) atoms. The highest BCUT2D eigenvalue weighted by molar-refractivity contribution is 5.92. The molecule has 2 aromatic carbocycles. The molecule has 0 fully saturated rings. The Hall–Kier alpha value is -3.65. The number of benzene rings is 2. The number of nitrogens with one attached hydrogen (secondary N) is 1. The van der Waals surface area contributed by atoms with Crippen molar-refractivity contribution in [3.8, 4) is 11.8 Å². The van der Waals surface area contributed by atoms with Crippen LogP contribution in [0, 0.1) is 11.8 Å². The van der Waals surface area contributed by atoms with Gasteiger partial charge in [-0.25, -0.2) is 4.68 Å². The first-order valence-corrected chi connectivity index (χ1v) is 8.16. The monoisotopic (exact) mass is 343 g/mol. The van der Waals surface area contributed by atoms with E-state index in [1.165, 1.54) is 16.8 Å². The molecule has 3 rings (SSSR count). The molecular formula is C21H17N3O2. The number of carbonyl (C=O) groups excluding carboxylic acids is 1. The molecule has 0 saturated carbocycles. The van der Waals surface area contributed by atoms with Crippen LogP contribution in [0.1, 0.15) is 21.6 Å². The van der Waals surface area contributed by atoms with Gasteiger partial charge in [0.15, 0.2) is 0 Å². The summed E-state index contributed by atoms with van der Waals surface area (Å²) in [6, 6.07) is 21.8. The van der Waals surface area contributed by atoms with E-state index in [1.54, 1.807) is 0 Å². The summed E-state index contributed by atoms with van der Waals surface area (Å²) in [6.07, 6.45) is 0. The summed E-state index contributed by atoms with van der Waals surface area (Å²) in [5.41, 5.74) is 1.75. The zero-order chi connectivity index (χ0) is 18.2. The Morgan fingerprint density at radius 3 is 2.38 bits per heavy atom. The highest BCUT2D eigenvalue weighted by atomic mass is 16.2. The van der Waals surface area contributed by atoms with Gasteiger partial charge < -0.3 is 5.32 Å². The van der Waals surface area contributed by atoms with Crippen molar-refractivity contribution in [2.75, 3.05) is 6.54 Å². The summed E-state index contributed by atoms with van der Waals surface area (Å²) in [7, 11) is 0. The zero-order valence-corrected chi connectivity index (χ0v) is 14.1. The summed E-state index contributed by atoms with van der Waals surface area (Å²) >= 11 is 0. The van der Waals surface area contributed by atoms with Crippen LogP contribution in [0.4, 0.5) is 0 Å². The number of nitrogens with zero attached hydrogens (tertiary/aromatic N) is 2. The van der Waals surface area contributed by atoms with Crippen LogP contribution in [0.25, 0.3) is 0 Å². The van der Waals surface area contributed by atoms with E-state index in [0.29, 0.717) is 6.54 Å². The lowest BCUT2D eigenvalue weighted by atomic mass is 10.2. The van der Waals surface area contributed by atoms with Crippen LogP contribution in [0.3, 0.4) is 0 Å². The number of hydrogen-bond acceptors (Lipinski definition) is 3. The van der Waals surface area contributed by atoms with Gasteiger partial charge in [0.05, 0.1) is 13.1 Å². The molecule has 1 heterocycles. The Kier molecular flexibility index (Phi) is 5.58. The van der Waals surface area contributed by atoms with Crippen molar-refractivity contribution in [3.63, 3.8) is 0 Å². The second-order valence-electron chi connectivity index (χ2n) is 5.55. The minimum absolute atomic E-state index is 0.182. The maximum Gasteiger partial charge on any atom is 0.272 e. The number of amides is 1. The van der Waals surface area contributed by atoms with Crippen LogP contribution in [0.2, 0.25) is 0 Å². The molecule has 0 aliphatic rings. The quantitative estimate of drug-likeness (QED) is 0.738. The molecule has 0 spiro atoms. The fourth-order valence-electron chi connectivity index (χ4n) is 2.32. The van der Waals surface area contributed by atoms with E-state index in [-0.39, 0.29) is 23.7 Å². The van der Waals surface area contributed by atoms with E-state index in [0.717, 1.165) is 11.1 Å². The lowest BCUT2D eigenvalue weighted by Gasteiger charge is -2.07. The van der Waals surface area contributed by atoms with E-state index in [9.17, 15) is 9.59 Å². The summed E-state index contributed by atoms with van der Waals surface area (Å²) in [6.45, 7) is 0.516. The fourth-order valence-corrected chi connectivity index (χ4v) is 2.32. The van der Waals surface area contributed by atoms with E-state index in [1.807, 2.05) is 60.7 Å². The van der Waals surface area contributed by atoms with Gasteiger partial charge in [-0.1, -0.05) is 60.4 Å². The third-order valence-electron chi connectivity index (χ3n) is 3.62. The Labute approximate surface area is 151 Å². The van der Waals surface area contributed by atoms with Crippen molar-refractivity contribution in [1.29, 1.82) is 0 Å². The Balaban J connectivity index is 1.65. The van der Waals surface area contributed by atoms with Crippen LogP contribution < -0.4 is 10.9 Å². The maximum atomic E-state index is 12.2. The average molecular weight is 343 g/mol. The van der Waals surface area contributed by atoms with Crippen molar-refractivity contribution in [3.05, 3.63) is 100.0 Å². The number of hydrogen-bond donors (Lipinski definition) is 1. The predicted molar refractivity (Wildman–Crippen MR) is 99.7 cm³/mol. The zero-order valence-electron chi connectivity index (χ0n) is 14.1. The molecular weight excluding hydrogens is 326 g/mol. The maximum absolute atomic E-state index is 12.2. The highest BCUT2D eigenvalue weighted by Gasteiger charge is 2.09. The largest absolute Gasteiger partial charge is 0.340 e. The van der Waals surface area contributed by atoms with Crippen molar-refractivity contribution < 1.29 is 4.79 Å². The van der Waals surface area contributed by atoms with Crippen LogP contribution in [0.5, 0.6) is 0 Å². The highest BCUT2D eigenvalue weighted by Crippen LogP contribution is 2.00. The van der Waals surface area contributed by atoms with E-state index >= 15 is 0 Å². The first kappa shape index (κ1) is 17.2. The van der Waals surface area contributed by atoms with E-state index in [2.05, 4.69) is 22.3 Å². The van der Waals surface area contributed by atoms with Crippen molar-refractivity contribution in [2.24, 2.45) is 0 Å². The van der Waals surface area contributed by atoms with Crippen LogP contribution in [0.15, 0.2) is 77.6 Å². The third-order valence-corrected chi connectivity index (χ3v) is 3.62. The van der Waals surface area contributed by atoms with Gasteiger partial charge in [0.1, 0.15) is 5.69 Å². The van der Waals surface area contributed by atoms with Crippen LogP contribution >= 0.6 is 0 Å². The fraction of sp³-hybridized carbons (Fsp3) is 0.0952. The first-order chi connectivity index (χ1) is 12.7. The Bertz CT molecular complexity index is 1000. The first-order valence-electron chi connectivity index (χ1n) is 8.16. The second-order valence-corrected chi connectivity index (χ2v) is 5.55. The summed E-state index contributed by atoms with van der Waals surface area (Å²) in [5.74, 6) is 5.49. The molecule has 1 amide bonds. The van der Waals surface area contributed by atoms with Gasteiger partial charge in [-0.15, -0.1) is 0 Å². The number of rotatable bonds is 4. The lowest BCUT2D eigenvalue weighted by molar-refractivity contribution is 0.0951. The smallest absolute Gasteiger partial charge is 0.272 e. The normalized spacial score (nSPS) is 9.85. The minimum Gasteiger partial charge on any atom is -0.340 e. The van der Waals surface area contributed by atoms with E-state index < -0.39 is 0 Å². The predicted octanol–water partition coefficient (Wildman–Crippen LogP) is 2.07. The van der Waals surface area contributed by atoms with Gasteiger partial charge in [0, 0.05) is 11.6 Å². The lowest BCUT2D eigenvalue weighted by Crippen LogP contribution is -2.30. The molecule has 3 aromatic rings. The van der Waals surface area contributed by atoms with Crippen molar-refractivity contribution in [1.82, 2.24) is 15.1 Å². The summed E-state index contributed by atoms with van der Waals surface area (Å²) < 4.78 is 1.28. The molecule has 0 saturated heterocycles. The third kappa shape index (κ3) is 4.68. The number of carbonyl (C=O) groups is 1. The van der Waals surface area contributed by atoms with Crippen molar-refractivity contribution in [2.45, 2.75) is 6.54 Å². The number of aromatic nitrogens is 2.